The SMILES string of the molecule is CC1CCCC1Nc1cncc(Br)c1. The molecule has 1 heterocycles. The average molecular weight is 255 g/mol. The van der Waals surface area contributed by atoms with Crippen LogP contribution in [-0.2, 0) is 0 Å². The maximum atomic E-state index is 4.14. The third-order valence-corrected chi connectivity index (χ3v) is 3.35. The van der Waals surface area contributed by atoms with E-state index in [9.17, 15) is 0 Å². The van der Waals surface area contributed by atoms with Gasteiger partial charge in [0.2, 0.25) is 0 Å². The molecule has 0 spiro atoms. The average Bonchev–Trinajstić information content (AvgIpc) is 2.52. The van der Waals surface area contributed by atoms with E-state index >= 15 is 0 Å². The highest BCUT2D eigenvalue weighted by Gasteiger charge is 2.22. The van der Waals surface area contributed by atoms with Crippen molar-refractivity contribution in [3.05, 3.63) is 22.9 Å². The molecule has 2 unspecified atom stereocenters. The van der Waals surface area contributed by atoms with Gasteiger partial charge in [-0.25, -0.2) is 0 Å². The van der Waals surface area contributed by atoms with Gasteiger partial charge in [-0.05, 0) is 40.8 Å². The lowest BCUT2D eigenvalue weighted by Crippen LogP contribution is -2.21. The lowest BCUT2D eigenvalue weighted by molar-refractivity contribution is 0.556. The molecule has 0 radical (unpaired) electrons. The summed E-state index contributed by atoms with van der Waals surface area (Å²) in [5.41, 5.74) is 1.12. The highest BCUT2D eigenvalue weighted by atomic mass is 79.9. The van der Waals surface area contributed by atoms with Crippen molar-refractivity contribution in [1.29, 1.82) is 0 Å². The second-order valence-corrected chi connectivity index (χ2v) is 4.97. The van der Waals surface area contributed by atoms with E-state index in [1.54, 1.807) is 0 Å². The van der Waals surface area contributed by atoms with Gasteiger partial charge in [-0.2, -0.15) is 0 Å². The largest absolute Gasteiger partial charge is 0.381 e. The molecule has 1 aliphatic carbocycles. The van der Waals surface area contributed by atoms with Gasteiger partial charge in [0.25, 0.3) is 0 Å². The van der Waals surface area contributed by atoms with Crippen molar-refractivity contribution in [3.63, 3.8) is 0 Å². The molecule has 0 aromatic carbocycles. The number of pyridine rings is 1. The van der Waals surface area contributed by atoms with E-state index in [-0.39, 0.29) is 0 Å². The summed E-state index contributed by atoms with van der Waals surface area (Å²) in [6.45, 7) is 2.32. The van der Waals surface area contributed by atoms with Crippen molar-refractivity contribution >= 4 is 21.6 Å². The molecule has 1 aliphatic rings. The summed E-state index contributed by atoms with van der Waals surface area (Å²) in [6.07, 6.45) is 7.67. The predicted octanol–water partition coefficient (Wildman–Crippen LogP) is 3.44. The topological polar surface area (TPSA) is 24.9 Å². The fraction of sp³-hybridized carbons (Fsp3) is 0.545. The molecule has 14 heavy (non-hydrogen) atoms. The number of halogens is 1. The maximum Gasteiger partial charge on any atom is 0.0540 e. The Hall–Kier alpha value is -0.570. The molecular formula is C11H15BrN2. The van der Waals surface area contributed by atoms with E-state index in [0.717, 1.165) is 16.1 Å². The van der Waals surface area contributed by atoms with Crippen LogP contribution in [0.4, 0.5) is 5.69 Å². The monoisotopic (exact) mass is 254 g/mol. The van der Waals surface area contributed by atoms with Gasteiger partial charge in [-0.15, -0.1) is 0 Å². The third-order valence-electron chi connectivity index (χ3n) is 2.92. The van der Waals surface area contributed by atoms with Gasteiger partial charge < -0.3 is 5.32 Å². The summed E-state index contributed by atoms with van der Waals surface area (Å²) in [5, 5.41) is 3.54. The highest BCUT2D eigenvalue weighted by Crippen LogP contribution is 2.28. The first kappa shape index (κ1) is 9.97. The second kappa shape index (κ2) is 4.30. The zero-order chi connectivity index (χ0) is 9.97. The number of hydrogen-bond donors (Lipinski definition) is 1. The Morgan fingerprint density at radius 1 is 1.43 bits per heavy atom. The molecule has 0 aliphatic heterocycles. The van der Waals surface area contributed by atoms with E-state index in [2.05, 4.69) is 39.2 Å². The molecule has 1 N–H and O–H groups in total. The van der Waals surface area contributed by atoms with Gasteiger partial charge in [0.1, 0.15) is 0 Å². The summed E-state index contributed by atoms with van der Waals surface area (Å²) in [4.78, 5) is 4.14. The van der Waals surface area contributed by atoms with Crippen LogP contribution >= 0.6 is 15.9 Å². The van der Waals surface area contributed by atoms with E-state index < -0.39 is 0 Å². The van der Waals surface area contributed by atoms with Crippen LogP contribution in [0.25, 0.3) is 0 Å². The minimum Gasteiger partial charge on any atom is -0.381 e. The van der Waals surface area contributed by atoms with Crippen molar-refractivity contribution in [2.75, 3.05) is 5.32 Å². The van der Waals surface area contributed by atoms with Gasteiger partial charge >= 0.3 is 0 Å². The molecule has 2 rings (SSSR count). The lowest BCUT2D eigenvalue weighted by atomic mass is 10.1. The van der Waals surface area contributed by atoms with Gasteiger partial charge in [-0.3, -0.25) is 4.98 Å². The molecule has 3 heteroatoms. The smallest absolute Gasteiger partial charge is 0.0540 e. The first-order chi connectivity index (χ1) is 6.75. The van der Waals surface area contributed by atoms with Crippen molar-refractivity contribution in [2.24, 2.45) is 5.92 Å². The van der Waals surface area contributed by atoms with Crippen molar-refractivity contribution in [2.45, 2.75) is 32.2 Å². The van der Waals surface area contributed by atoms with Crippen molar-refractivity contribution in [3.8, 4) is 0 Å². The zero-order valence-corrected chi connectivity index (χ0v) is 9.92. The Kier molecular flexibility index (Phi) is 3.06. The minimum absolute atomic E-state index is 0.631. The third kappa shape index (κ3) is 2.27. The Bertz CT molecular complexity index is 314. The van der Waals surface area contributed by atoms with Gasteiger partial charge in [0.15, 0.2) is 0 Å². The summed E-state index contributed by atoms with van der Waals surface area (Å²) in [6, 6.07) is 2.71. The molecule has 76 valence electrons. The molecular weight excluding hydrogens is 240 g/mol. The van der Waals surface area contributed by atoms with Crippen LogP contribution in [0.3, 0.4) is 0 Å². The normalized spacial score (nSPS) is 26.4. The van der Waals surface area contributed by atoms with E-state index in [0.29, 0.717) is 6.04 Å². The molecule has 2 nitrogen and oxygen atoms in total. The number of nitrogens with zero attached hydrogens (tertiary/aromatic N) is 1. The summed E-state index contributed by atoms with van der Waals surface area (Å²) < 4.78 is 1.04. The predicted molar refractivity (Wildman–Crippen MR) is 62.4 cm³/mol. The van der Waals surface area contributed by atoms with Gasteiger partial charge in [0, 0.05) is 16.7 Å². The first-order valence-electron chi connectivity index (χ1n) is 5.13. The Morgan fingerprint density at radius 3 is 2.93 bits per heavy atom. The number of nitrogens with one attached hydrogen (secondary N) is 1. The van der Waals surface area contributed by atoms with Crippen LogP contribution in [0.15, 0.2) is 22.9 Å². The molecule has 2 atom stereocenters. The number of rotatable bonds is 2. The van der Waals surface area contributed by atoms with Gasteiger partial charge in [-0.1, -0.05) is 13.3 Å². The van der Waals surface area contributed by atoms with Crippen LogP contribution in [0.5, 0.6) is 0 Å². The summed E-state index contributed by atoms with van der Waals surface area (Å²) in [5.74, 6) is 0.786. The second-order valence-electron chi connectivity index (χ2n) is 4.05. The number of anilines is 1. The number of hydrogen-bond acceptors (Lipinski definition) is 2. The fourth-order valence-corrected chi connectivity index (χ4v) is 2.43. The van der Waals surface area contributed by atoms with Crippen LogP contribution in [-0.4, -0.2) is 11.0 Å². The molecule has 1 aromatic heterocycles. The molecule has 0 amide bonds. The maximum absolute atomic E-state index is 4.14. The fourth-order valence-electron chi connectivity index (χ4n) is 2.06. The highest BCUT2D eigenvalue weighted by molar-refractivity contribution is 9.10. The molecule has 1 saturated carbocycles. The number of aromatic nitrogens is 1. The zero-order valence-electron chi connectivity index (χ0n) is 8.33. The molecule has 1 fully saturated rings. The first-order valence-corrected chi connectivity index (χ1v) is 5.92. The van der Waals surface area contributed by atoms with E-state index in [1.165, 1.54) is 19.3 Å². The van der Waals surface area contributed by atoms with Gasteiger partial charge in [0.05, 0.1) is 11.9 Å². The summed E-state index contributed by atoms with van der Waals surface area (Å²) in [7, 11) is 0. The van der Waals surface area contributed by atoms with Crippen molar-refractivity contribution in [1.82, 2.24) is 4.98 Å². The van der Waals surface area contributed by atoms with Crippen LogP contribution < -0.4 is 5.32 Å². The molecule has 0 bridgehead atoms. The minimum atomic E-state index is 0.631. The molecule has 0 saturated heterocycles. The Morgan fingerprint density at radius 2 is 2.29 bits per heavy atom. The quantitative estimate of drug-likeness (QED) is 0.875. The lowest BCUT2D eigenvalue weighted by Gasteiger charge is -2.18. The Balaban J connectivity index is 2.03. The summed E-state index contributed by atoms with van der Waals surface area (Å²) >= 11 is 3.42. The van der Waals surface area contributed by atoms with Crippen LogP contribution in [0, 0.1) is 5.92 Å². The van der Waals surface area contributed by atoms with E-state index in [1.807, 2.05) is 12.4 Å². The van der Waals surface area contributed by atoms with E-state index in [4.69, 9.17) is 0 Å². The Labute approximate surface area is 93.3 Å². The molecule has 1 aromatic rings. The van der Waals surface area contributed by atoms with Crippen molar-refractivity contribution < 1.29 is 0 Å². The van der Waals surface area contributed by atoms with Crippen LogP contribution in [0.2, 0.25) is 0 Å². The standard InChI is InChI=1S/C11H15BrN2/c1-8-3-2-4-11(8)14-10-5-9(12)6-13-7-10/h5-8,11,14H,2-4H2,1H3. The van der Waals surface area contributed by atoms with Crippen LogP contribution in [0.1, 0.15) is 26.2 Å².